The molecule has 3 fully saturated rings. The van der Waals surface area contributed by atoms with Crippen LogP contribution in [0.25, 0.3) is 0 Å². The Labute approximate surface area is 146 Å². The average Bonchev–Trinajstić information content (AvgIpc) is 2.54. The molecule has 3 aliphatic rings. The lowest BCUT2D eigenvalue weighted by Gasteiger charge is -2.46. The molecular formula is C19H35N3O2. The van der Waals surface area contributed by atoms with Gasteiger partial charge in [0.15, 0.2) is 0 Å². The minimum absolute atomic E-state index is 0.195. The van der Waals surface area contributed by atoms with E-state index in [-0.39, 0.29) is 12.0 Å². The van der Waals surface area contributed by atoms with E-state index in [2.05, 4.69) is 16.7 Å². The van der Waals surface area contributed by atoms with Gasteiger partial charge in [-0.1, -0.05) is 13.3 Å². The Balaban J connectivity index is 1.59. The van der Waals surface area contributed by atoms with E-state index in [0.717, 1.165) is 38.9 Å². The highest BCUT2D eigenvalue weighted by atomic mass is 16.3. The van der Waals surface area contributed by atoms with Crippen LogP contribution in [0.5, 0.6) is 0 Å². The molecule has 2 aliphatic carbocycles. The van der Waals surface area contributed by atoms with Gasteiger partial charge in [-0.25, -0.2) is 0 Å². The molecule has 1 aliphatic heterocycles. The van der Waals surface area contributed by atoms with Crippen molar-refractivity contribution in [1.29, 1.82) is 0 Å². The number of piperazine rings is 1. The van der Waals surface area contributed by atoms with Gasteiger partial charge < -0.3 is 15.7 Å². The van der Waals surface area contributed by atoms with E-state index in [1.165, 1.54) is 19.3 Å². The molecule has 3 rings (SSSR count). The highest BCUT2D eigenvalue weighted by molar-refractivity contribution is 5.79. The molecule has 5 heteroatoms. The molecule has 3 N–H and O–H groups in total. The number of amides is 1. The topological polar surface area (TPSA) is 69.8 Å². The number of carbonyl (C=O) groups is 1. The lowest BCUT2D eigenvalue weighted by atomic mass is 9.65. The van der Waals surface area contributed by atoms with Crippen molar-refractivity contribution < 1.29 is 9.90 Å². The number of β-amino-alcohol motifs (C(OH)–C–C–N with tert-alkyl or cyclic N) is 1. The van der Waals surface area contributed by atoms with Crippen molar-refractivity contribution in [1.82, 2.24) is 9.80 Å². The summed E-state index contributed by atoms with van der Waals surface area (Å²) in [7, 11) is 0. The third-order valence-corrected chi connectivity index (χ3v) is 6.65. The van der Waals surface area contributed by atoms with Crippen LogP contribution in [0.15, 0.2) is 0 Å². The van der Waals surface area contributed by atoms with Crippen LogP contribution in [0.3, 0.4) is 0 Å². The maximum Gasteiger partial charge on any atom is 0.225 e. The van der Waals surface area contributed by atoms with Crippen LogP contribution in [0.1, 0.15) is 52.4 Å². The van der Waals surface area contributed by atoms with Gasteiger partial charge in [0.25, 0.3) is 0 Å². The highest BCUT2D eigenvalue weighted by Gasteiger charge is 2.42. The SMILES string of the molecule is CCC1CN(C(=O)C2CC3CCCC(C2)C3N)CCN1CC(C)O. The lowest BCUT2D eigenvalue weighted by Crippen LogP contribution is -2.58. The maximum atomic E-state index is 13.1. The summed E-state index contributed by atoms with van der Waals surface area (Å²) in [5.41, 5.74) is 6.38. The molecule has 0 aromatic rings. The molecule has 1 saturated heterocycles. The van der Waals surface area contributed by atoms with Gasteiger partial charge in [0.2, 0.25) is 5.91 Å². The Bertz CT molecular complexity index is 428. The molecule has 0 aromatic carbocycles. The number of rotatable bonds is 4. The predicted octanol–water partition coefficient (Wildman–Crippen LogP) is 1.44. The Morgan fingerprint density at radius 2 is 1.92 bits per heavy atom. The fraction of sp³-hybridized carbons (Fsp3) is 0.947. The molecule has 0 aromatic heterocycles. The second kappa shape index (κ2) is 7.71. The summed E-state index contributed by atoms with van der Waals surface area (Å²) in [6.07, 6.45) is 6.43. The molecule has 138 valence electrons. The van der Waals surface area contributed by atoms with Crippen LogP contribution < -0.4 is 5.73 Å². The molecular weight excluding hydrogens is 302 g/mol. The summed E-state index contributed by atoms with van der Waals surface area (Å²) in [5.74, 6) is 1.68. The van der Waals surface area contributed by atoms with Crippen molar-refractivity contribution in [2.45, 2.75) is 70.6 Å². The molecule has 4 atom stereocenters. The summed E-state index contributed by atoms with van der Waals surface area (Å²) in [4.78, 5) is 17.5. The predicted molar refractivity (Wildman–Crippen MR) is 95.4 cm³/mol. The van der Waals surface area contributed by atoms with E-state index in [1.54, 1.807) is 0 Å². The normalized spacial score (nSPS) is 38.8. The molecule has 2 saturated carbocycles. The van der Waals surface area contributed by atoms with Crippen molar-refractivity contribution in [3.63, 3.8) is 0 Å². The quantitative estimate of drug-likeness (QED) is 0.814. The molecule has 1 heterocycles. The van der Waals surface area contributed by atoms with Crippen LogP contribution in [-0.2, 0) is 4.79 Å². The first-order chi connectivity index (χ1) is 11.5. The monoisotopic (exact) mass is 337 g/mol. The second-order valence-corrected chi connectivity index (χ2v) is 8.39. The number of nitrogens with zero attached hydrogens (tertiary/aromatic N) is 2. The number of carbonyl (C=O) groups excluding carboxylic acids is 1. The van der Waals surface area contributed by atoms with Crippen molar-refractivity contribution in [3.05, 3.63) is 0 Å². The number of aliphatic hydroxyl groups excluding tert-OH is 1. The van der Waals surface area contributed by atoms with Gasteiger partial charge in [0.1, 0.15) is 0 Å². The van der Waals surface area contributed by atoms with Crippen LogP contribution in [-0.4, -0.2) is 65.2 Å². The Kier molecular flexibility index (Phi) is 5.83. The van der Waals surface area contributed by atoms with E-state index in [4.69, 9.17) is 5.73 Å². The Morgan fingerprint density at radius 1 is 1.25 bits per heavy atom. The summed E-state index contributed by atoms with van der Waals surface area (Å²) in [6.45, 7) is 7.24. The molecule has 0 radical (unpaired) electrons. The number of nitrogens with two attached hydrogens (primary N) is 1. The van der Waals surface area contributed by atoms with Gasteiger partial charge in [0.05, 0.1) is 6.10 Å². The average molecular weight is 338 g/mol. The van der Waals surface area contributed by atoms with E-state index in [9.17, 15) is 9.90 Å². The maximum absolute atomic E-state index is 13.1. The second-order valence-electron chi connectivity index (χ2n) is 8.39. The smallest absolute Gasteiger partial charge is 0.225 e. The van der Waals surface area contributed by atoms with Crippen LogP contribution in [0.2, 0.25) is 0 Å². The van der Waals surface area contributed by atoms with E-state index < -0.39 is 0 Å². The van der Waals surface area contributed by atoms with E-state index in [0.29, 0.717) is 36.4 Å². The summed E-state index contributed by atoms with van der Waals surface area (Å²) in [5, 5.41) is 9.68. The largest absolute Gasteiger partial charge is 0.392 e. The minimum atomic E-state index is -0.305. The first-order valence-electron chi connectivity index (χ1n) is 9.96. The first kappa shape index (κ1) is 18.2. The van der Waals surface area contributed by atoms with Crippen molar-refractivity contribution in [2.24, 2.45) is 23.5 Å². The fourth-order valence-electron chi connectivity index (χ4n) is 5.31. The number of fused-ring (bicyclic) bond motifs is 2. The minimum Gasteiger partial charge on any atom is -0.392 e. The van der Waals surface area contributed by atoms with Gasteiger partial charge >= 0.3 is 0 Å². The van der Waals surface area contributed by atoms with Crippen LogP contribution >= 0.6 is 0 Å². The van der Waals surface area contributed by atoms with Gasteiger partial charge in [-0.3, -0.25) is 9.69 Å². The van der Waals surface area contributed by atoms with Gasteiger partial charge in [-0.05, 0) is 50.9 Å². The van der Waals surface area contributed by atoms with E-state index >= 15 is 0 Å². The van der Waals surface area contributed by atoms with Crippen molar-refractivity contribution in [2.75, 3.05) is 26.2 Å². The Morgan fingerprint density at radius 3 is 2.50 bits per heavy atom. The zero-order chi connectivity index (χ0) is 17.3. The summed E-state index contributed by atoms with van der Waals surface area (Å²) in [6, 6.07) is 0.705. The Hall–Kier alpha value is -0.650. The zero-order valence-corrected chi connectivity index (χ0v) is 15.4. The fourth-order valence-corrected chi connectivity index (χ4v) is 5.31. The highest BCUT2D eigenvalue weighted by Crippen LogP contribution is 2.42. The lowest BCUT2D eigenvalue weighted by molar-refractivity contribution is -0.142. The standard InChI is InChI=1S/C19H35N3O2/c1-3-17-12-22(8-7-21(17)11-13(2)23)19(24)16-9-14-5-4-6-15(10-16)18(14)20/h13-18,23H,3-12,20H2,1-2H3. The third kappa shape index (κ3) is 3.78. The first-order valence-corrected chi connectivity index (χ1v) is 9.96. The van der Waals surface area contributed by atoms with Crippen LogP contribution in [0, 0.1) is 17.8 Å². The molecule has 24 heavy (non-hydrogen) atoms. The van der Waals surface area contributed by atoms with E-state index in [1.807, 2.05) is 6.92 Å². The molecule has 2 bridgehead atoms. The van der Waals surface area contributed by atoms with Gasteiger partial charge in [0, 0.05) is 44.2 Å². The summed E-state index contributed by atoms with van der Waals surface area (Å²) >= 11 is 0. The molecule has 4 unspecified atom stereocenters. The molecule has 1 amide bonds. The van der Waals surface area contributed by atoms with Gasteiger partial charge in [-0.2, -0.15) is 0 Å². The number of hydrogen-bond donors (Lipinski definition) is 2. The summed E-state index contributed by atoms with van der Waals surface area (Å²) < 4.78 is 0. The van der Waals surface area contributed by atoms with Crippen molar-refractivity contribution in [3.8, 4) is 0 Å². The molecule has 5 nitrogen and oxygen atoms in total. The third-order valence-electron chi connectivity index (χ3n) is 6.65. The van der Waals surface area contributed by atoms with Crippen molar-refractivity contribution >= 4 is 5.91 Å². The van der Waals surface area contributed by atoms with Gasteiger partial charge in [-0.15, -0.1) is 0 Å². The number of hydrogen-bond acceptors (Lipinski definition) is 4. The van der Waals surface area contributed by atoms with Crippen LogP contribution in [0.4, 0.5) is 0 Å². The number of aliphatic hydroxyl groups is 1. The zero-order valence-electron chi connectivity index (χ0n) is 15.4. The molecule has 0 spiro atoms.